The molecule has 0 heterocycles. The first-order valence-electron chi connectivity index (χ1n) is 20.1. The molecule has 0 bridgehead atoms. The molecule has 6 aliphatic rings. The van der Waals surface area contributed by atoms with Gasteiger partial charge in [-0.3, -0.25) is 0 Å². The number of aliphatic hydroxyl groups is 2. The van der Waals surface area contributed by atoms with Crippen LogP contribution in [0.5, 0.6) is 0 Å². The summed E-state index contributed by atoms with van der Waals surface area (Å²) < 4.78 is 0. The zero-order chi connectivity index (χ0) is 29.8. The number of rotatable bonds is 7. The smallest absolute Gasteiger partial charge is 0.0603 e. The Balaban J connectivity index is 1.22. The minimum atomic E-state index is -0.155. The predicted molar refractivity (Wildman–Crippen MR) is 181 cm³/mol. The Hall–Kier alpha value is -0.340. The van der Waals surface area contributed by atoms with Gasteiger partial charge in [0.2, 0.25) is 0 Å². The van der Waals surface area contributed by atoms with Crippen LogP contribution in [0.4, 0.5) is 0 Å². The van der Waals surface area contributed by atoms with E-state index in [9.17, 15) is 10.2 Å². The van der Waals surface area contributed by atoms with E-state index < -0.39 is 0 Å². The van der Waals surface area contributed by atoms with Crippen LogP contribution in [0.15, 0.2) is 11.6 Å². The molecule has 2 nitrogen and oxygen atoms in total. The summed E-state index contributed by atoms with van der Waals surface area (Å²) in [6.07, 6.45) is 35.4. The van der Waals surface area contributed by atoms with Crippen LogP contribution in [0.3, 0.4) is 0 Å². The molecule has 0 aliphatic heterocycles. The van der Waals surface area contributed by atoms with E-state index in [0.717, 1.165) is 54.3 Å². The van der Waals surface area contributed by atoms with Crippen molar-refractivity contribution in [1.82, 2.24) is 0 Å². The average Bonchev–Trinajstić information content (AvgIpc) is 3.05. The second-order valence-corrected chi connectivity index (χ2v) is 17.2. The third-order valence-corrected chi connectivity index (χ3v) is 14.9. The molecule has 12 unspecified atom stereocenters. The van der Waals surface area contributed by atoms with Gasteiger partial charge in [-0.25, -0.2) is 0 Å². The second kappa shape index (κ2) is 15.5. The molecule has 246 valence electrons. The van der Waals surface area contributed by atoms with Crippen LogP contribution >= 0.6 is 0 Å². The van der Waals surface area contributed by atoms with Gasteiger partial charge in [0, 0.05) is 0 Å². The lowest BCUT2D eigenvalue weighted by Gasteiger charge is -2.55. The van der Waals surface area contributed by atoms with Gasteiger partial charge in [-0.2, -0.15) is 0 Å². The maximum absolute atomic E-state index is 11.7. The molecule has 0 aromatic rings. The average molecular weight is 595 g/mol. The molecule has 5 fully saturated rings. The zero-order valence-corrected chi connectivity index (χ0v) is 28.4. The summed E-state index contributed by atoms with van der Waals surface area (Å²) in [7, 11) is 0. The summed E-state index contributed by atoms with van der Waals surface area (Å²) >= 11 is 0. The van der Waals surface area contributed by atoms with Crippen LogP contribution in [-0.2, 0) is 0 Å². The van der Waals surface area contributed by atoms with Gasteiger partial charge in [0.1, 0.15) is 0 Å². The molecule has 12 atom stereocenters. The fourth-order valence-corrected chi connectivity index (χ4v) is 12.6. The Labute approximate surface area is 266 Å². The van der Waals surface area contributed by atoms with Crippen LogP contribution < -0.4 is 0 Å². The molecule has 0 saturated heterocycles. The normalized spacial score (nSPS) is 46.1. The van der Waals surface area contributed by atoms with Crippen molar-refractivity contribution in [3.63, 3.8) is 0 Å². The van der Waals surface area contributed by atoms with Crippen LogP contribution in [-0.4, -0.2) is 22.4 Å². The first-order valence-corrected chi connectivity index (χ1v) is 20.1. The van der Waals surface area contributed by atoms with E-state index in [-0.39, 0.29) is 12.2 Å². The summed E-state index contributed by atoms with van der Waals surface area (Å²) in [6, 6.07) is 0. The lowest BCUT2D eigenvalue weighted by atomic mass is 9.52. The molecule has 6 rings (SSSR count). The number of fused-ring (bicyclic) bond motifs is 3. The van der Waals surface area contributed by atoms with Gasteiger partial charge >= 0.3 is 0 Å². The maximum atomic E-state index is 11.7. The third-order valence-electron chi connectivity index (χ3n) is 14.9. The lowest BCUT2D eigenvalue weighted by molar-refractivity contribution is -0.153. The topological polar surface area (TPSA) is 40.5 Å². The monoisotopic (exact) mass is 595 g/mol. The molecule has 5 saturated carbocycles. The molecule has 2 heteroatoms. The molecule has 0 amide bonds. The third kappa shape index (κ3) is 7.31. The van der Waals surface area contributed by atoms with E-state index in [1.54, 1.807) is 0 Å². The summed E-state index contributed by atoms with van der Waals surface area (Å²) in [5.41, 5.74) is 1.95. The number of allylic oxidation sites excluding steroid dienone is 2. The Morgan fingerprint density at radius 3 is 1.98 bits per heavy atom. The van der Waals surface area contributed by atoms with Gasteiger partial charge < -0.3 is 10.2 Å². The van der Waals surface area contributed by atoms with E-state index in [2.05, 4.69) is 19.9 Å². The zero-order valence-electron chi connectivity index (χ0n) is 28.4. The highest BCUT2D eigenvalue weighted by molar-refractivity contribution is 5.16. The number of hydrogen-bond donors (Lipinski definition) is 2. The molecule has 0 spiro atoms. The molecule has 0 aromatic carbocycles. The van der Waals surface area contributed by atoms with Crippen molar-refractivity contribution < 1.29 is 10.2 Å². The minimum Gasteiger partial charge on any atom is -0.393 e. The van der Waals surface area contributed by atoms with Gasteiger partial charge in [0.15, 0.2) is 0 Å². The highest BCUT2D eigenvalue weighted by Crippen LogP contribution is 2.56. The number of hydrogen-bond acceptors (Lipinski definition) is 2. The Morgan fingerprint density at radius 1 is 0.605 bits per heavy atom. The molecule has 0 aromatic heterocycles. The Kier molecular flexibility index (Phi) is 11.7. The maximum Gasteiger partial charge on any atom is 0.0603 e. The van der Waals surface area contributed by atoms with E-state index in [1.165, 1.54) is 141 Å². The predicted octanol–water partition coefficient (Wildman–Crippen LogP) is 10.9. The fraction of sp³-hybridized carbons (Fsp3) is 0.951. The van der Waals surface area contributed by atoms with Crippen LogP contribution in [0.2, 0.25) is 0 Å². The van der Waals surface area contributed by atoms with Crippen LogP contribution in [0.1, 0.15) is 168 Å². The second-order valence-electron chi connectivity index (χ2n) is 17.2. The van der Waals surface area contributed by atoms with E-state index >= 15 is 0 Å². The van der Waals surface area contributed by atoms with Crippen molar-refractivity contribution >= 4 is 0 Å². The van der Waals surface area contributed by atoms with Crippen molar-refractivity contribution in [2.24, 2.45) is 65.1 Å². The quantitative estimate of drug-likeness (QED) is 0.227. The Morgan fingerprint density at radius 2 is 1.23 bits per heavy atom. The van der Waals surface area contributed by atoms with E-state index in [0.29, 0.717) is 23.7 Å². The standard InChI is InChI=1S/C41H70O2/c1-3-4-5-11-18-32-28(2)15-8-6-12-19-33(29-16-9-7-10-17-29)38-26-30(22-24-34(32)38)31-23-25-37-39(27-31)41(43)36-21-14-13-20-35(36)40(37)42/h19,28-32,34-43H,3-18,20-27H2,1-2H3/b33-19+. The van der Waals surface area contributed by atoms with Crippen LogP contribution in [0.25, 0.3) is 0 Å². The minimum absolute atomic E-state index is 0.149. The Bertz CT molecular complexity index is 873. The van der Waals surface area contributed by atoms with Crippen molar-refractivity contribution in [2.45, 2.75) is 180 Å². The molecular formula is C41H70O2. The summed E-state index contributed by atoms with van der Waals surface area (Å²) in [4.78, 5) is 0. The molecule has 43 heavy (non-hydrogen) atoms. The van der Waals surface area contributed by atoms with Gasteiger partial charge in [0.05, 0.1) is 12.2 Å². The van der Waals surface area contributed by atoms with Crippen molar-refractivity contribution in [1.29, 1.82) is 0 Å². The first kappa shape index (κ1) is 32.6. The summed E-state index contributed by atoms with van der Waals surface area (Å²) in [5, 5.41) is 23.2. The molecule has 0 radical (unpaired) electrons. The number of aliphatic hydroxyl groups excluding tert-OH is 2. The van der Waals surface area contributed by atoms with Crippen molar-refractivity contribution in [3.8, 4) is 0 Å². The largest absolute Gasteiger partial charge is 0.393 e. The van der Waals surface area contributed by atoms with E-state index in [4.69, 9.17) is 0 Å². The van der Waals surface area contributed by atoms with Gasteiger partial charge in [-0.05, 0) is 149 Å². The van der Waals surface area contributed by atoms with Crippen LogP contribution in [0, 0.1) is 65.1 Å². The lowest BCUT2D eigenvalue weighted by Crippen LogP contribution is -2.55. The highest BCUT2D eigenvalue weighted by Gasteiger charge is 2.53. The van der Waals surface area contributed by atoms with Gasteiger partial charge in [-0.15, -0.1) is 0 Å². The van der Waals surface area contributed by atoms with Crippen molar-refractivity contribution in [2.75, 3.05) is 0 Å². The summed E-state index contributed by atoms with van der Waals surface area (Å²) in [5.74, 6) is 7.46. The number of unbranched alkanes of at least 4 members (excludes halogenated alkanes) is 3. The molecular weight excluding hydrogens is 524 g/mol. The van der Waals surface area contributed by atoms with Gasteiger partial charge in [0.25, 0.3) is 0 Å². The summed E-state index contributed by atoms with van der Waals surface area (Å²) in [6.45, 7) is 5.01. The first-order chi connectivity index (χ1) is 21.1. The highest BCUT2D eigenvalue weighted by atomic mass is 16.3. The SMILES string of the molecule is CCCCCCC1C(C)CCCC/C=C(\C2CCCCC2)C2CC(C3CCC4C(O)C5CCCCC5C(O)C4C3)CCC21. The van der Waals surface area contributed by atoms with E-state index in [1.807, 2.05) is 5.57 Å². The van der Waals surface area contributed by atoms with Crippen molar-refractivity contribution in [3.05, 3.63) is 11.6 Å². The molecule has 2 N–H and O–H groups in total. The van der Waals surface area contributed by atoms with Gasteiger partial charge in [-0.1, -0.05) is 96.1 Å². The fourth-order valence-electron chi connectivity index (χ4n) is 12.6. The molecule has 6 aliphatic carbocycles.